The van der Waals surface area contributed by atoms with Crippen LogP contribution in [0.1, 0.15) is 11.4 Å². The Morgan fingerprint density at radius 1 is 1.00 bits per heavy atom. The number of halogens is 3. The lowest BCUT2D eigenvalue weighted by molar-refractivity contribution is -0.146. The topological polar surface area (TPSA) is 38.0 Å². The SMILES string of the molecule is Oc1ccc(Cn2c(C(F)(F)F)nc3ccccc32)cc1. The summed E-state index contributed by atoms with van der Waals surface area (Å²) < 4.78 is 40.5. The smallest absolute Gasteiger partial charge is 0.449 e. The number of para-hydroxylation sites is 2. The molecule has 3 rings (SSSR count). The van der Waals surface area contributed by atoms with E-state index in [1.54, 1.807) is 36.4 Å². The van der Waals surface area contributed by atoms with Crippen molar-refractivity contribution in [2.24, 2.45) is 0 Å². The van der Waals surface area contributed by atoms with Gasteiger partial charge < -0.3 is 9.67 Å². The Bertz CT molecular complexity index is 776. The van der Waals surface area contributed by atoms with E-state index in [0.717, 1.165) is 4.57 Å². The third kappa shape index (κ3) is 2.56. The molecule has 1 heterocycles. The Labute approximate surface area is 118 Å². The maximum atomic E-state index is 13.1. The van der Waals surface area contributed by atoms with E-state index in [1.807, 2.05) is 0 Å². The summed E-state index contributed by atoms with van der Waals surface area (Å²) >= 11 is 0. The molecule has 0 spiro atoms. The van der Waals surface area contributed by atoms with Gasteiger partial charge in [-0.15, -0.1) is 0 Å². The third-order valence-electron chi connectivity index (χ3n) is 3.19. The molecule has 0 unspecified atom stereocenters. The second-order valence-electron chi connectivity index (χ2n) is 4.67. The second kappa shape index (κ2) is 4.80. The molecule has 1 N–H and O–H groups in total. The molecule has 21 heavy (non-hydrogen) atoms. The van der Waals surface area contributed by atoms with Crippen molar-refractivity contribution >= 4 is 11.0 Å². The van der Waals surface area contributed by atoms with Crippen molar-refractivity contribution in [1.29, 1.82) is 0 Å². The lowest BCUT2D eigenvalue weighted by Crippen LogP contribution is -2.15. The molecule has 0 radical (unpaired) electrons. The van der Waals surface area contributed by atoms with E-state index in [4.69, 9.17) is 0 Å². The Hall–Kier alpha value is -2.50. The molecule has 3 aromatic rings. The molecule has 108 valence electrons. The molecule has 0 aliphatic carbocycles. The zero-order valence-corrected chi connectivity index (χ0v) is 10.8. The number of nitrogens with zero attached hydrogens (tertiary/aromatic N) is 2. The van der Waals surface area contributed by atoms with Gasteiger partial charge in [0, 0.05) is 6.54 Å². The van der Waals surface area contributed by atoms with Gasteiger partial charge in [0.15, 0.2) is 0 Å². The first-order chi connectivity index (χ1) is 9.95. The number of alkyl halides is 3. The zero-order valence-electron chi connectivity index (χ0n) is 10.8. The molecule has 2 aromatic carbocycles. The zero-order chi connectivity index (χ0) is 15.0. The van der Waals surface area contributed by atoms with Crippen molar-refractivity contribution in [3.8, 4) is 5.75 Å². The number of hydrogen-bond donors (Lipinski definition) is 1. The molecule has 0 fully saturated rings. The number of imidazole rings is 1. The molecule has 0 saturated carbocycles. The molecule has 0 bridgehead atoms. The van der Waals surface area contributed by atoms with Crippen molar-refractivity contribution in [2.45, 2.75) is 12.7 Å². The van der Waals surface area contributed by atoms with Gasteiger partial charge in [-0.25, -0.2) is 4.98 Å². The maximum absolute atomic E-state index is 13.1. The molecular weight excluding hydrogens is 281 g/mol. The quantitative estimate of drug-likeness (QED) is 0.780. The molecule has 3 nitrogen and oxygen atoms in total. The van der Waals surface area contributed by atoms with Gasteiger partial charge in [-0.1, -0.05) is 24.3 Å². The average molecular weight is 292 g/mol. The summed E-state index contributed by atoms with van der Waals surface area (Å²) in [5, 5.41) is 9.24. The molecule has 0 atom stereocenters. The van der Waals surface area contributed by atoms with Gasteiger partial charge in [-0.3, -0.25) is 0 Å². The van der Waals surface area contributed by atoms with Gasteiger partial charge in [0.1, 0.15) is 5.75 Å². The fraction of sp³-hybridized carbons (Fsp3) is 0.133. The first-order valence-corrected chi connectivity index (χ1v) is 6.25. The highest BCUT2D eigenvalue weighted by Gasteiger charge is 2.37. The summed E-state index contributed by atoms with van der Waals surface area (Å²) in [4.78, 5) is 3.69. The van der Waals surface area contributed by atoms with Crippen molar-refractivity contribution < 1.29 is 18.3 Å². The Morgan fingerprint density at radius 3 is 2.33 bits per heavy atom. The fourth-order valence-corrected chi connectivity index (χ4v) is 2.24. The maximum Gasteiger partial charge on any atom is 0.449 e. The summed E-state index contributed by atoms with van der Waals surface area (Å²) in [6.07, 6.45) is -4.52. The number of phenolic OH excluding ortho intramolecular Hbond substituents is 1. The van der Waals surface area contributed by atoms with Gasteiger partial charge in [0.05, 0.1) is 11.0 Å². The van der Waals surface area contributed by atoms with Crippen LogP contribution in [0.2, 0.25) is 0 Å². The van der Waals surface area contributed by atoms with Crippen LogP contribution in [0.4, 0.5) is 13.2 Å². The monoisotopic (exact) mass is 292 g/mol. The summed E-state index contributed by atoms with van der Waals surface area (Å²) in [7, 11) is 0. The summed E-state index contributed by atoms with van der Waals surface area (Å²) in [5.74, 6) is -0.845. The standard InChI is InChI=1S/C15H11F3N2O/c16-15(17,18)14-19-12-3-1-2-4-13(12)20(14)9-10-5-7-11(21)8-6-10/h1-8,21H,9H2. The predicted octanol–water partition coefficient (Wildman–Crippen LogP) is 3.81. The van der Waals surface area contributed by atoms with Crippen LogP contribution < -0.4 is 0 Å². The second-order valence-corrected chi connectivity index (χ2v) is 4.67. The molecule has 6 heteroatoms. The van der Waals surface area contributed by atoms with Crippen LogP contribution in [0.15, 0.2) is 48.5 Å². The van der Waals surface area contributed by atoms with E-state index in [9.17, 15) is 18.3 Å². The normalized spacial score (nSPS) is 12.0. The van der Waals surface area contributed by atoms with Crippen LogP contribution >= 0.6 is 0 Å². The summed E-state index contributed by atoms with van der Waals surface area (Å²) in [5.41, 5.74) is 1.39. The minimum Gasteiger partial charge on any atom is -0.508 e. The van der Waals surface area contributed by atoms with Gasteiger partial charge >= 0.3 is 6.18 Å². The number of fused-ring (bicyclic) bond motifs is 1. The van der Waals surface area contributed by atoms with E-state index in [2.05, 4.69) is 4.98 Å². The minimum atomic E-state index is -4.52. The van der Waals surface area contributed by atoms with Crippen LogP contribution in [0.25, 0.3) is 11.0 Å². The van der Waals surface area contributed by atoms with Crippen molar-refractivity contribution in [3.63, 3.8) is 0 Å². The van der Waals surface area contributed by atoms with E-state index in [-0.39, 0.29) is 12.3 Å². The lowest BCUT2D eigenvalue weighted by atomic mass is 10.2. The van der Waals surface area contributed by atoms with Crippen molar-refractivity contribution in [3.05, 3.63) is 59.9 Å². The Morgan fingerprint density at radius 2 is 1.67 bits per heavy atom. The van der Waals surface area contributed by atoms with Crippen molar-refractivity contribution in [2.75, 3.05) is 0 Å². The van der Waals surface area contributed by atoms with Crippen molar-refractivity contribution in [1.82, 2.24) is 9.55 Å². The van der Waals surface area contributed by atoms with Crippen LogP contribution in [0.5, 0.6) is 5.75 Å². The molecular formula is C15H11F3N2O. The summed E-state index contributed by atoms with van der Waals surface area (Å²) in [6, 6.07) is 12.6. The highest BCUT2D eigenvalue weighted by Crippen LogP contribution is 2.32. The predicted molar refractivity (Wildman–Crippen MR) is 71.9 cm³/mol. The first-order valence-electron chi connectivity index (χ1n) is 6.25. The van der Waals surface area contributed by atoms with Crippen LogP contribution in [0.3, 0.4) is 0 Å². The number of phenols is 1. The van der Waals surface area contributed by atoms with Gasteiger partial charge in [0.25, 0.3) is 0 Å². The number of benzene rings is 2. The van der Waals surface area contributed by atoms with E-state index in [1.165, 1.54) is 12.1 Å². The van der Waals surface area contributed by atoms with E-state index < -0.39 is 12.0 Å². The Kier molecular flexibility index (Phi) is 3.08. The van der Waals surface area contributed by atoms with Gasteiger partial charge in [-0.2, -0.15) is 13.2 Å². The highest BCUT2D eigenvalue weighted by molar-refractivity contribution is 5.76. The molecule has 1 aromatic heterocycles. The minimum absolute atomic E-state index is 0.0373. The number of hydrogen-bond acceptors (Lipinski definition) is 2. The number of aromatic nitrogens is 2. The first kappa shape index (κ1) is 13.5. The largest absolute Gasteiger partial charge is 0.508 e. The Balaban J connectivity index is 2.13. The third-order valence-corrected chi connectivity index (χ3v) is 3.19. The van der Waals surface area contributed by atoms with Crippen LogP contribution in [-0.2, 0) is 12.7 Å². The molecule has 0 aliphatic rings. The fourth-order valence-electron chi connectivity index (χ4n) is 2.24. The van der Waals surface area contributed by atoms with Crippen LogP contribution in [-0.4, -0.2) is 14.7 Å². The van der Waals surface area contributed by atoms with Gasteiger partial charge in [-0.05, 0) is 29.8 Å². The molecule has 0 aliphatic heterocycles. The highest BCUT2D eigenvalue weighted by atomic mass is 19.4. The van der Waals surface area contributed by atoms with E-state index >= 15 is 0 Å². The van der Waals surface area contributed by atoms with Gasteiger partial charge in [0.2, 0.25) is 5.82 Å². The van der Waals surface area contributed by atoms with Crippen LogP contribution in [0, 0.1) is 0 Å². The lowest BCUT2D eigenvalue weighted by Gasteiger charge is -2.11. The molecule has 0 amide bonds. The average Bonchev–Trinajstić information content (AvgIpc) is 2.81. The number of rotatable bonds is 2. The summed E-state index contributed by atoms with van der Waals surface area (Å²) in [6.45, 7) is 0.0373. The molecule has 0 saturated heterocycles. The van der Waals surface area contributed by atoms with E-state index in [0.29, 0.717) is 16.6 Å². The number of aromatic hydroxyl groups is 1.